The van der Waals surface area contributed by atoms with Crippen LogP contribution in [0.15, 0.2) is 53.8 Å². The lowest BCUT2D eigenvalue weighted by atomic mass is 10.2. The van der Waals surface area contributed by atoms with E-state index in [0.717, 1.165) is 5.56 Å². The highest BCUT2D eigenvalue weighted by Crippen LogP contribution is 2.13. The van der Waals surface area contributed by atoms with Gasteiger partial charge in [-0.25, -0.2) is 19.3 Å². The second-order valence-electron chi connectivity index (χ2n) is 4.75. The molecule has 108 valence electrons. The molecule has 0 aliphatic carbocycles. The van der Waals surface area contributed by atoms with Gasteiger partial charge in [0.2, 0.25) is 0 Å². The van der Waals surface area contributed by atoms with Crippen LogP contribution in [0.5, 0.6) is 0 Å². The molecule has 1 N–H and O–H groups in total. The van der Waals surface area contributed by atoms with Gasteiger partial charge in [-0.2, -0.15) is 10.3 Å². The summed E-state index contributed by atoms with van der Waals surface area (Å²) >= 11 is 0. The van der Waals surface area contributed by atoms with Gasteiger partial charge in [0, 0.05) is 0 Å². The molecule has 3 heterocycles. The fraction of sp³-hybridized carbons (Fsp3) is 0.0714. The minimum Gasteiger partial charge on any atom is -0.284 e. The van der Waals surface area contributed by atoms with Crippen LogP contribution in [0.4, 0.5) is 0 Å². The Hall–Kier alpha value is -3.29. The summed E-state index contributed by atoms with van der Waals surface area (Å²) in [5.74, 6) is 0.403. The van der Waals surface area contributed by atoms with E-state index in [2.05, 4.69) is 25.4 Å². The highest BCUT2D eigenvalue weighted by atomic mass is 16.1. The first kappa shape index (κ1) is 12.5. The van der Waals surface area contributed by atoms with Gasteiger partial charge in [-0.15, -0.1) is 5.10 Å². The summed E-state index contributed by atoms with van der Waals surface area (Å²) in [4.78, 5) is 21.0. The molecule has 0 fully saturated rings. The van der Waals surface area contributed by atoms with Crippen LogP contribution in [-0.2, 0) is 6.54 Å². The van der Waals surface area contributed by atoms with Gasteiger partial charge >= 0.3 is 5.69 Å². The van der Waals surface area contributed by atoms with E-state index in [1.165, 1.54) is 17.1 Å². The molecule has 22 heavy (non-hydrogen) atoms. The largest absolute Gasteiger partial charge is 0.336 e. The molecule has 3 aromatic heterocycles. The zero-order valence-electron chi connectivity index (χ0n) is 11.4. The summed E-state index contributed by atoms with van der Waals surface area (Å²) < 4.78 is 3.04. The lowest BCUT2D eigenvalue weighted by molar-refractivity contribution is 0.755. The number of benzene rings is 1. The third kappa shape index (κ3) is 1.89. The van der Waals surface area contributed by atoms with Crippen molar-refractivity contribution in [2.75, 3.05) is 0 Å². The molecule has 0 bridgehead atoms. The van der Waals surface area contributed by atoms with Gasteiger partial charge < -0.3 is 0 Å². The van der Waals surface area contributed by atoms with Crippen molar-refractivity contribution in [3.05, 3.63) is 65.1 Å². The topological polar surface area (TPSA) is 94.3 Å². The molecule has 0 spiro atoms. The van der Waals surface area contributed by atoms with Crippen molar-refractivity contribution in [3.8, 4) is 5.82 Å². The Balaban J connectivity index is 1.96. The monoisotopic (exact) mass is 293 g/mol. The van der Waals surface area contributed by atoms with Crippen LogP contribution in [0.3, 0.4) is 0 Å². The summed E-state index contributed by atoms with van der Waals surface area (Å²) in [6, 6.07) is 9.75. The Morgan fingerprint density at radius 2 is 2.00 bits per heavy atom. The van der Waals surface area contributed by atoms with Crippen molar-refractivity contribution >= 4 is 11.2 Å². The maximum absolute atomic E-state index is 12.8. The third-order valence-corrected chi connectivity index (χ3v) is 3.41. The second kappa shape index (κ2) is 4.92. The fourth-order valence-electron chi connectivity index (χ4n) is 2.42. The van der Waals surface area contributed by atoms with E-state index < -0.39 is 0 Å². The van der Waals surface area contributed by atoms with Crippen molar-refractivity contribution in [3.63, 3.8) is 0 Å². The predicted octanol–water partition coefficient (Wildman–Crippen LogP) is 0.749. The Morgan fingerprint density at radius 3 is 2.77 bits per heavy atom. The molecule has 0 unspecified atom stereocenters. The molecule has 8 nitrogen and oxygen atoms in total. The lowest BCUT2D eigenvalue weighted by Crippen LogP contribution is -2.24. The Kier molecular flexibility index (Phi) is 2.78. The Morgan fingerprint density at radius 1 is 1.14 bits per heavy atom. The lowest BCUT2D eigenvalue weighted by Gasteiger charge is -2.02. The summed E-state index contributed by atoms with van der Waals surface area (Å²) in [7, 11) is 0. The first-order valence-electron chi connectivity index (χ1n) is 6.66. The van der Waals surface area contributed by atoms with Crippen LogP contribution in [0.1, 0.15) is 5.56 Å². The number of hydrogen-bond donors (Lipinski definition) is 1. The van der Waals surface area contributed by atoms with Gasteiger partial charge in [-0.1, -0.05) is 30.3 Å². The normalized spacial score (nSPS) is 11.1. The summed E-state index contributed by atoms with van der Waals surface area (Å²) in [5.41, 5.74) is 1.95. The summed E-state index contributed by atoms with van der Waals surface area (Å²) in [5, 5.41) is 10.2. The van der Waals surface area contributed by atoms with Gasteiger partial charge in [-0.3, -0.25) is 4.57 Å². The Labute approximate surface area is 124 Å². The van der Waals surface area contributed by atoms with E-state index in [4.69, 9.17) is 0 Å². The maximum atomic E-state index is 12.8. The van der Waals surface area contributed by atoms with Crippen LogP contribution < -0.4 is 5.69 Å². The first-order chi connectivity index (χ1) is 10.8. The predicted molar refractivity (Wildman–Crippen MR) is 78.6 cm³/mol. The smallest absolute Gasteiger partial charge is 0.284 e. The van der Waals surface area contributed by atoms with E-state index in [9.17, 15) is 4.79 Å². The van der Waals surface area contributed by atoms with E-state index in [-0.39, 0.29) is 5.69 Å². The number of nitrogens with zero attached hydrogens (tertiary/aromatic N) is 6. The van der Waals surface area contributed by atoms with E-state index in [0.29, 0.717) is 23.5 Å². The maximum Gasteiger partial charge on any atom is 0.336 e. The molecule has 1 aromatic carbocycles. The SMILES string of the molecule is O=c1n(Cc2ccccc2)c2cncnc2n1-c1cn[nH]n1. The molecule has 8 heteroatoms. The molecular weight excluding hydrogens is 282 g/mol. The van der Waals surface area contributed by atoms with Gasteiger partial charge in [0.25, 0.3) is 0 Å². The molecule has 0 atom stereocenters. The molecule has 4 rings (SSSR count). The molecule has 0 aliphatic heterocycles. The quantitative estimate of drug-likeness (QED) is 0.601. The van der Waals surface area contributed by atoms with E-state index in [1.54, 1.807) is 10.8 Å². The van der Waals surface area contributed by atoms with Crippen LogP contribution >= 0.6 is 0 Å². The van der Waals surface area contributed by atoms with Crippen LogP contribution in [0.2, 0.25) is 0 Å². The highest BCUT2D eigenvalue weighted by Gasteiger charge is 2.17. The standard InChI is InChI=1S/C14H11N7O/c22-14-20(8-10-4-2-1-3-5-10)11-6-15-9-16-13(11)21(14)12-7-17-19-18-12/h1-7,9H,8H2,(H,17,18,19). The first-order valence-corrected chi connectivity index (χ1v) is 6.66. The number of aromatic amines is 1. The minimum absolute atomic E-state index is 0.228. The molecule has 0 radical (unpaired) electrons. The van der Waals surface area contributed by atoms with Crippen LogP contribution in [0.25, 0.3) is 17.0 Å². The third-order valence-electron chi connectivity index (χ3n) is 3.41. The molecule has 0 aliphatic rings. The van der Waals surface area contributed by atoms with Gasteiger partial charge in [0.15, 0.2) is 11.5 Å². The number of nitrogens with one attached hydrogen (secondary N) is 1. The van der Waals surface area contributed by atoms with Gasteiger partial charge in [0.1, 0.15) is 11.8 Å². The number of rotatable bonds is 3. The zero-order valence-corrected chi connectivity index (χ0v) is 11.4. The van der Waals surface area contributed by atoms with Crippen molar-refractivity contribution in [1.82, 2.24) is 34.5 Å². The molecule has 0 saturated carbocycles. The minimum atomic E-state index is -0.228. The van der Waals surface area contributed by atoms with Crippen LogP contribution in [-0.4, -0.2) is 34.5 Å². The number of hydrogen-bond acceptors (Lipinski definition) is 5. The van der Waals surface area contributed by atoms with E-state index >= 15 is 0 Å². The molecule has 0 amide bonds. The number of H-pyrrole nitrogens is 1. The molecular formula is C14H11N7O. The summed E-state index contributed by atoms with van der Waals surface area (Å²) in [6.45, 7) is 0.439. The zero-order chi connectivity index (χ0) is 14.9. The van der Waals surface area contributed by atoms with Crippen molar-refractivity contribution in [1.29, 1.82) is 0 Å². The number of imidazole rings is 1. The van der Waals surface area contributed by atoms with Crippen LogP contribution in [0, 0.1) is 0 Å². The number of aromatic nitrogens is 7. The molecule has 4 aromatic rings. The molecule has 0 saturated heterocycles. The van der Waals surface area contributed by atoms with Gasteiger partial charge in [0.05, 0.1) is 18.9 Å². The fourth-order valence-corrected chi connectivity index (χ4v) is 2.42. The Bertz CT molecular complexity index is 970. The van der Waals surface area contributed by atoms with Crippen molar-refractivity contribution in [2.24, 2.45) is 0 Å². The van der Waals surface area contributed by atoms with E-state index in [1.807, 2.05) is 30.3 Å². The average molecular weight is 293 g/mol. The van der Waals surface area contributed by atoms with Crippen molar-refractivity contribution < 1.29 is 0 Å². The summed E-state index contributed by atoms with van der Waals surface area (Å²) in [6.07, 6.45) is 4.52. The highest BCUT2D eigenvalue weighted by molar-refractivity contribution is 5.72. The second-order valence-corrected chi connectivity index (χ2v) is 4.75. The van der Waals surface area contributed by atoms with Crippen molar-refractivity contribution in [2.45, 2.75) is 6.54 Å². The average Bonchev–Trinajstić information content (AvgIpc) is 3.16. The van der Waals surface area contributed by atoms with Gasteiger partial charge in [-0.05, 0) is 5.56 Å². The number of fused-ring (bicyclic) bond motifs is 1.